The maximum Gasteiger partial charge on any atom is 0.227 e. The zero-order chi connectivity index (χ0) is 19.9. The van der Waals surface area contributed by atoms with Gasteiger partial charge >= 0.3 is 0 Å². The van der Waals surface area contributed by atoms with Crippen LogP contribution >= 0.6 is 0 Å². The Hall–Kier alpha value is -3.13. The molecule has 0 aromatic heterocycles. The second kappa shape index (κ2) is 9.18. The minimum atomic E-state index is -0.0724. The number of rotatable bonds is 5. The number of hydrogen-bond acceptors (Lipinski definition) is 3. The number of amides is 2. The molecule has 5 nitrogen and oxygen atoms in total. The first-order chi connectivity index (χ1) is 13.5. The number of hydrogen-bond donors (Lipinski definition) is 2. The van der Waals surface area contributed by atoms with Crippen LogP contribution in [0.5, 0.6) is 0 Å². The van der Waals surface area contributed by atoms with Crippen LogP contribution in [0.3, 0.4) is 0 Å². The van der Waals surface area contributed by atoms with Gasteiger partial charge in [-0.25, -0.2) is 0 Å². The van der Waals surface area contributed by atoms with E-state index in [1.54, 1.807) is 24.3 Å². The number of carbonyl (C=O) groups excluding carboxylic acids is 2. The lowest BCUT2D eigenvalue weighted by Crippen LogP contribution is -2.35. The molecular formula is C23H25N3O2. The van der Waals surface area contributed by atoms with Crippen LogP contribution in [0.1, 0.15) is 42.4 Å². The van der Waals surface area contributed by atoms with E-state index in [4.69, 9.17) is 5.26 Å². The summed E-state index contributed by atoms with van der Waals surface area (Å²) in [6.07, 6.45) is 2.88. The fraction of sp³-hybridized carbons (Fsp3) is 0.348. The summed E-state index contributed by atoms with van der Waals surface area (Å²) in [4.78, 5) is 24.9. The molecule has 28 heavy (non-hydrogen) atoms. The molecule has 2 aromatic rings. The molecule has 1 saturated carbocycles. The normalized spacial score (nSPS) is 18.7. The molecule has 2 aromatic carbocycles. The van der Waals surface area contributed by atoms with Crippen molar-refractivity contribution in [2.45, 2.75) is 39.2 Å². The Morgan fingerprint density at radius 3 is 2.07 bits per heavy atom. The Morgan fingerprint density at radius 1 is 0.929 bits per heavy atom. The molecule has 0 saturated heterocycles. The highest BCUT2D eigenvalue weighted by Gasteiger charge is 2.29. The molecule has 1 aliphatic carbocycles. The molecular weight excluding hydrogens is 350 g/mol. The topological polar surface area (TPSA) is 82.0 Å². The third kappa shape index (κ3) is 5.20. The molecule has 0 radical (unpaired) electrons. The Bertz CT molecular complexity index is 858. The number of nitrogens with one attached hydrogen (secondary N) is 2. The highest BCUT2D eigenvalue weighted by molar-refractivity contribution is 5.92. The van der Waals surface area contributed by atoms with Crippen molar-refractivity contribution in [3.05, 3.63) is 65.2 Å². The Labute approximate surface area is 165 Å². The lowest BCUT2D eigenvalue weighted by atomic mass is 9.81. The van der Waals surface area contributed by atoms with Gasteiger partial charge < -0.3 is 10.6 Å². The monoisotopic (exact) mass is 375 g/mol. The Balaban J connectivity index is 1.44. The van der Waals surface area contributed by atoms with Crippen LogP contribution in [0.25, 0.3) is 0 Å². The van der Waals surface area contributed by atoms with Gasteiger partial charge in [0.2, 0.25) is 11.8 Å². The van der Waals surface area contributed by atoms with Crippen LogP contribution in [-0.4, -0.2) is 11.8 Å². The Morgan fingerprint density at radius 2 is 1.50 bits per heavy atom. The van der Waals surface area contributed by atoms with Crippen molar-refractivity contribution in [1.82, 2.24) is 5.32 Å². The van der Waals surface area contributed by atoms with E-state index in [9.17, 15) is 9.59 Å². The van der Waals surface area contributed by atoms with Crippen molar-refractivity contribution < 1.29 is 9.59 Å². The van der Waals surface area contributed by atoms with Crippen molar-refractivity contribution >= 4 is 17.5 Å². The fourth-order valence-corrected chi connectivity index (χ4v) is 3.53. The van der Waals surface area contributed by atoms with Crippen LogP contribution in [-0.2, 0) is 16.1 Å². The molecule has 0 bridgehead atoms. The van der Waals surface area contributed by atoms with Gasteiger partial charge in [-0.05, 0) is 62.4 Å². The van der Waals surface area contributed by atoms with Gasteiger partial charge in [-0.15, -0.1) is 0 Å². The molecule has 1 aliphatic rings. The molecule has 3 rings (SSSR count). The van der Waals surface area contributed by atoms with Gasteiger partial charge in [0.25, 0.3) is 0 Å². The first-order valence-electron chi connectivity index (χ1n) is 9.69. The van der Waals surface area contributed by atoms with Gasteiger partial charge in [0.05, 0.1) is 11.6 Å². The zero-order valence-corrected chi connectivity index (χ0v) is 16.1. The van der Waals surface area contributed by atoms with E-state index in [1.807, 2.05) is 31.2 Å². The summed E-state index contributed by atoms with van der Waals surface area (Å²) in [6, 6.07) is 17.0. The highest BCUT2D eigenvalue weighted by atomic mass is 16.2. The minimum Gasteiger partial charge on any atom is -0.352 e. The smallest absolute Gasteiger partial charge is 0.227 e. The van der Waals surface area contributed by atoms with Crippen LogP contribution < -0.4 is 10.6 Å². The van der Waals surface area contributed by atoms with Gasteiger partial charge in [-0.1, -0.05) is 29.8 Å². The maximum absolute atomic E-state index is 12.5. The van der Waals surface area contributed by atoms with E-state index in [-0.39, 0.29) is 23.7 Å². The Kier molecular flexibility index (Phi) is 6.44. The number of benzene rings is 2. The second-order valence-corrected chi connectivity index (χ2v) is 7.43. The van der Waals surface area contributed by atoms with E-state index < -0.39 is 0 Å². The molecule has 2 amide bonds. The highest BCUT2D eigenvalue weighted by Crippen LogP contribution is 2.30. The van der Waals surface area contributed by atoms with E-state index >= 15 is 0 Å². The molecule has 0 heterocycles. The summed E-state index contributed by atoms with van der Waals surface area (Å²) >= 11 is 0. The predicted octanol–water partition coefficient (Wildman–Crippen LogP) is 3.93. The average molecular weight is 375 g/mol. The van der Waals surface area contributed by atoms with E-state index in [1.165, 1.54) is 5.56 Å². The number of anilines is 1. The zero-order valence-electron chi connectivity index (χ0n) is 16.1. The number of nitriles is 1. The summed E-state index contributed by atoms with van der Waals surface area (Å²) in [5, 5.41) is 14.8. The molecule has 5 heteroatoms. The van der Waals surface area contributed by atoms with Gasteiger partial charge in [-0.2, -0.15) is 5.26 Å². The summed E-state index contributed by atoms with van der Waals surface area (Å²) < 4.78 is 0. The average Bonchev–Trinajstić information content (AvgIpc) is 2.73. The van der Waals surface area contributed by atoms with Crippen molar-refractivity contribution in [1.29, 1.82) is 5.26 Å². The van der Waals surface area contributed by atoms with Gasteiger partial charge in [0.1, 0.15) is 0 Å². The third-order valence-corrected chi connectivity index (χ3v) is 5.34. The molecule has 144 valence electrons. The van der Waals surface area contributed by atoms with Crippen molar-refractivity contribution in [2.75, 3.05) is 5.32 Å². The first-order valence-corrected chi connectivity index (χ1v) is 9.69. The van der Waals surface area contributed by atoms with Gasteiger partial charge in [0, 0.05) is 24.1 Å². The summed E-state index contributed by atoms with van der Waals surface area (Å²) in [7, 11) is 0. The third-order valence-electron chi connectivity index (χ3n) is 5.34. The molecule has 2 N–H and O–H groups in total. The standard InChI is InChI=1S/C23H25N3O2/c1-16-2-4-18(5-3-16)15-25-22(27)19-8-10-20(11-9-19)23(28)26-21-12-6-17(14-24)7-13-21/h2-7,12-13,19-20H,8-11,15H2,1H3,(H,25,27)(H,26,28). The molecule has 0 spiro atoms. The van der Waals surface area contributed by atoms with Crippen molar-refractivity contribution in [3.63, 3.8) is 0 Å². The van der Waals surface area contributed by atoms with Crippen LogP contribution in [0.4, 0.5) is 5.69 Å². The van der Waals surface area contributed by atoms with Crippen LogP contribution in [0, 0.1) is 30.1 Å². The summed E-state index contributed by atoms with van der Waals surface area (Å²) in [5.41, 5.74) is 3.55. The lowest BCUT2D eigenvalue weighted by molar-refractivity contribution is -0.128. The molecule has 0 atom stereocenters. The number of carbonyl (C=O) groups is 2. The number of aryl methyl sites for hydroxylation is 1. The van der Waals surface area contributed by atoms with Crippen LogP contribution in [0.15, 0.2) is 48.5 Å². The van der Waals surface area contributed by atoms with E-state index in [0.717, 1.165) is 18.4 Å². The summed E-state index contributed by atoms with van der Waals surface area (Å²) in [6.45, 7) is 2.58. The quantitative estimate of drug-likeness (QED) is 0.831. The van der Waals surface area contributed by atoms with E-state index in [0.29, 0.717) is 30.6 Å². The maximum atomic E-state index is 12.5. The SMILES string of the molecule is Cc1ccc(CNC(=O)C2CCC(C(=O)Nc3ccc(C#N)cc3)CC2)cc1. The van der Waals surface area contributed by atoms with E-state index in [2.05, 4.69) is 16.7 Å². The number of nitrogens with zero attached hydrogens (tertiary/aromatic N) is 1. The van der Waals surface area contributed by atoms with Crippen LogP contribution in [0.2, 0.25) is 0 Å². The first kappa shape index (κ1) is 19.6. The van der Waals surface area contributed by atoms with Gasteiger partial charge in [-0.3, -0.25) is 9.59 Å². The largest absolute Gasteiger partial charge is 0.352 e. The molecule has 0 unspecified atom stereocenters. The molecule has 1 fully saturated rings. The van der Waals surface area contributed by atoms with Crippen molar-refractivity contribution in [2.24, 2.45) is 11.8 Å². The fourth-order valence-electron chi connectivity index (χ4n) is 3.53. The van der Waals surface area contributed by atoms with Crippen molar-refractivity contribution in [3.8, 4) is 6.07 Å². The van der Waals surface area contributed by atoms with Gasteiger partial charge in [0.15, 0.2) is 0 Å². The summed E-state index contributed by atoms with van der Waals surface area (Å²) in [5.74, 6) is -0.0315. The minimum absolute atomic E-state index is 0.0109. The predicted molar refractivity (Wildman–Crippen MR) is 108 cm³/mol. The molecule has 0 aliphatic heterocycles. The second-order valence-electron chi connectivity index (χ2n) is 7.43. The lowest BCUT2D eigenvalue weighted by Gasteiger charge is -2.27.